The molecule has 0 radical (unpaired) electrons. The molecule has 0 saturated heterocycles. The van der Waals surface area contributed by atoms with Crippen molar-refractivity contribution in [2.24, 2.45) is 0 Å². The number of ether oxygens (including phenoxy) is 1. The molecule has 0 aromatic carbocycles. The third-order valence-electron chi connectivity index (χ3n) is 1.91. The van der Waals surface area contributed by atoms with Crippen molar-refractivity contribution in [3.8, 4) is 5.88 Å². The predicted molar refractivity (Wildman–Crippen MR) is 59.7 cm³/mol. The number of aromatic nitrogens is 2. The van der Waals surface area contributed by atoms with E-state index in [2.05, 4.69) is 32.8 Å². The smallest absolute Gasteiger partial charge is 0.232 e. The van der Waals surface area contributed by atoms with Crippen molar-refractivity contribution >= 4 is 27.5 Å². The molecule has 0 unspecified atom stereocenters. The summed E-state index contributed by atoms with van der Waals surface area (Å²) in [6.45, 7) is 6.04. The molecule has 78 valence electrons. The van der Waals surface area contributed by atoms with E-state index in [4.69, 9.17) is 16.3 Å². The van der Waals surface area contributed by atoms with Gasteiger partial charge in [0, 0.05) is 6.20 Å². The van der Waals surface area contributed by atoms with Gasteiger partial charge >= 0.3 is 0 Å². The normalized spacial score (nSPS) is 11.5. The van der Waals surface area contributed by atoms with Gasteiger partial charge in [0.25, 0.3) is 0 Å². The molecule has 0 atom stereocenters. The van der Waals surface area contributed by atoms with E-state index in [0.29, 0.717) is 10.4 Å². The Morgan fingerprint density at radius 1 is 1.57 bits per heavy atom. The predicted octanol–water partition coefficient (Wildman–Crippen LogP) is 3.46. The zero-order valence-corrected chi connectivity index (χ0v) is 10.7. The minimum Gasteiger partial charge on any atom is -0.471 e. The Bertz CT molecular complexity index is 331. The van der Waals surface area contributed by atoms with E-state index in [1.54, 1.807) is 6.20 Å². The highest BCUT2D eigenvalue weighted by atomic mass is 79.9. The molecule has 1 rings (SSSR count). The van der Waals surface area contributed by atoms with Gasteiger partial charge in [-0.2, -0.15) is 4.98 Å². The molecule has 0 aliphatic carbocycles. The third-order valence-corrected chi connectivity index (χ3v) is 2.63. The van der Waals surface area contributed by atoms with Crippen LogP contribution in [0.4, 0.5) is 0 Å². The number of rotatable bonds is 3. The van der Waals surface area contributed by atoms with Crippen molar-refractivity contribution in [1.82, 2.24) is 9.97 Å². The minimum absolute atomic E-state index is 0.190. The van der Waals surface area contributed by atoms with Crippen LogP contribution >= 0.6 is 27.5 Å². The summed E-state index contributed by atoms with van der Waals surface area (Å²) in [5.74, 6) is 0.483. The van der Waals surface area contributed by atoms with Gasteiger partial charge in [0.2, 0.25) is 11.2 Å². The lowest BCUT2D eigenvalue weighted by Gasteiger charge is -2.24. The summed E-state index contributed by atoms with van der Waals surface area (Å²) in [5, 5.41) is 0.190. The minimum atomic E-state index is -0.250. The lowest BCUT2D eigenvalue weighted by Crippen LogP contribution is -2.27. The van der Waals surface area contributed by atoms with Crippen LogP contribution in [0.5, 0.6) is 5.88 Å². The van der Waals surface area contributed by atoms with Gasteiger partial charge in [-0.05, 0) is 47.8 Å². The highest BCUT2D eigenvalue weighted by Crippen LogP contribution is 2.27. The van der Waals surface area contributed by atoms with Gasteiger partial charge < -0.3 is 4.74 Å². The fourth-order valence-corrected chi connectivity index (χ4v) is 1.13. The average Bonchev–Trinajstić information content (AvgIpc) is 2.11. The number of hydrogen-bond acceptors (Lipinski definition) is 3. The van der Waals surface area contributed by atoms with Crippen LogP contribution in [0.2, 0.25) is 5.28 Å². The van der Waals surface area contributed by atoms with E-state index >= 15 is 0 Å². The van der Waals surface area contributed by atoms with Crippen molar-refractivity contribution < 1.29 is 4.74 Å². The van der Waals surface area contributed by atoms with E-state index in [1.807, 2.05) is 13.8 Å². The molecule has 0 aliphatic rings. The molecule has 0 spiro atoms. The molecule has 14 heavy (non-hydrogen) atoms. The van der Waals surface area contributed by atoms with Gasteiger partial charge in [0.15, 0.2) is 0 Å². The highest BCUT2D eigenvalue weighted by Gasteiger charge is 2.19. The number of nitrogens with zero attached hydrogens (tertiary/aromatic N) is 2. The molecule has 0 amide bonds. The summed E-state index contributed by atoms with van der Waals surface area (Å²) in [4.78, 5) is 7.81. The maximum atomic E-state index is 5.68. The van der Waals surface area contributed by atoms with Crippen LogP contribution in [0, 0.1) is 0 Å². The van der Waals surface area contributed by atoms with Gasteiger partial charge in [-0.1, -0.05) is 6.92 Å². The first-order chi connectivity index (χ1) is 6.44. The molecule has 1 heterocycles. The van der Waals surface area contributed by atoms with Crippen LogP contribution < -0.4 is 4.74 Å². The highest BCUT2D eigenvalue weighted by molar-refractivity contribution is 9.10. The SMILES string of the molecule is CCC(C)(C)Oc1nc(Cl)ncc1Br. The quantitative estimate of drug-likeness (QED) is 0.795. The van der Waals surface area contributed by atoms with Crippen LogP contribution in [0.15, 0.2) is 10.7 Å². The summed E-state index contributed by atoms with van der Waals surface area (Å²) in [7, 11) is 0. The second-order valence-electron chi connectivity index (χ2n) is 3.51. The van der Waals surface area contributed by atoms with Gasteiger partial charge in [0.1, 0.15) is 5.60 Å². The van der Waals surface area contributed by atoms with Gasteiger partial charge in [-0.3, -0.25) is 0 Å². The second-order valence-corrected chi connectivity index (χ2v) is 4.70. The summed E-state index contributed by atoms with van der Waals surface area (Å²) in [5.41, 5.74) is -0.250. The standard InChI is InChI=1S/C9H12BrClN2O/c1-4-9(2,3)14-7-6(10)5-12-8(11)13-7/h5H,4H2,1-3H3. The fourth-order valence-electron chi connectivity index (χ4n) is 0.737. The Hall–Kier alpha value is -0.350. The fraction of sp³-hybridized carbons (Fsp3) is 0.556. The van der Waals surface area contributed by atoms with Crippen LogP contribution in [0.25, 0.3) is 0 Å². The first kappa shape index (κ1) is 11.7. The Morgan fingerprint density at radius 3 is 2.79 bits per heavy atom. The van der Waals surface area contributed by atoms with E-state index in [9.17, 15) is 0 Å². The van der Waals surface area contributed by atoms with Crippen molar-refractivity contribution in [2.45, 2.75) is 32.8 Å². The molecule has 0 bridgehead atoms. The Kier molecular flexibility index (Phi) is 3.72. The van der Waals surface area contributed by atoms with Crippen molar-refractivity contribution in [3.63, 3.8) is 0 Å². The maximum Gasteiger partial charge on any atom is 0.232 e. The molecular weight excluding hydrogens is 267 g/mol. The van der Waals surface area contributed by atoms with Gasteiger partial charge in [-0.15, -0.1) is 0 Å². The lowest BCUT2D eigenvalue weighted by molar-refractivity contribution is 0.0977. The largest absolute Gasteiger partial charge is 0.471 e. The zero-order valence-electron chi connectivity index (χ0n) is 8.34. The van der Waals surface area contributed by atoms with Crippen molar-refractivity contribution in [2.75, 3.05) is 0 Å². The molecule has 0 N–H and O–H groups in total. The number of halogens is 2. The van der Waals surface area contributed by atoms with E-state index in [-0.39, 0.29) is 10.9 Å². The molecular formula is C9H12BrClN2O. The van der Waals surface area contributed by atoms with Crippen LogP contribution in [0.3, 0.4) is 0 Å². The third kappa shape index (κ3) is 3.10. The Balaban J connectivity index is 2.91. The van der Waals surface area contributed by atoms with E-state index in [0.717, 1.165) is 6.42 Å². The molecule has 3 nitrogen and oxygen atoms in total. The molecule has 1 aromatic rings. The summed E-state index contributed by atoms with van der Waals surface area (Å²) in [6.07, 6.45) is 2.47. The Morgan fingerprint density at radius 2 is 2.21 bits per heavy atom. The van der Waals surface area contributed by atoms with E-state index in [1.165, 1.54) is 0 Å². The summed E-state index contributed by atoms with van der Waals surface area (Å²) >= 11 is 8.97. The van der Waals surface area contributed by atoms with Crippen molar-refractivity contribution in [1.29, 1.82) is 0 Å². The van der Waals surface area contributed by atoms with Crippen LogP contribution in [-0.4, -0.2) is 15.6 Å². The molecule has 1 aromatic heterocycles. The Labute approximate surface area is 97.0 Å². The lowest BCUT2D eigenvalue weighted by atomic mass is 10.1. The topological polar surface area (TPSA) is 35.0 Å². The number of hydrogen-bond donors (Lipinski definition) is 0. The van der Waals surface area contributed by atoms with Crippen LogP contribution in [-0.2, 0) is 0 Å². The second kappa shape index (κ2) is 4.45. The molecule has 0 fully saturated rings. The van der Waals surface area contributed by atoms with Crippen LogP contribution in [0.1, 0.15) is 27.2 Å². The molecule has 0 aliphatic heterocycles. The van der Waals surface area contributed by atoms with E-state index < -0.39 is 0 Å². The first-order valence-corrected chi connectivity index (χ1v) is 5.49. The monoisotopic (exact) mass is 278 g/mol. The first-order valence-electron chi connectivity index (χ1n) is 4.31. The van der Waals surface area contributed by atoms with Gasteiger partial charge in [0.05, 0.1) is 4.47 Å². The maximum absolute atomic E-state index is 5.68. The molecule has 5 heteroatoms. The van der Waals surface area contributed by atoms with Crippen molar-refractivity contribution in [3.05, 3.63) is 16.0 Å². The zero-order chi connectivity index (χ0) is 10.8. The summed E-state index contributed by atoms with van der Waals surface area (Å²) < 4.78 is 6.39. The molecule has 0 saturated carbocycles. The summed E-state index contributed by atoms with van der Waals surface area (Å²) in [6, 6.07) is 0. The average molecular weight is 280 g/mol. The van der Waals surface area contributed by atoms with Gasteiger partial charge in [-0.25, -0.2) is 4.98 Å².